The molecule has 254 valence electrons. The van der Waals surface area contributed by atoms with Gasteiger partial charge in [0.1, 0.15) is 17.2 Å². The smallest absolute Gasteiger partial charge is 0.420 e. The Morgan fingerprint density at radius 2 is 2.02 bits per heavy atom. The summed E-state index contributed by atoms with van der Waals surface area (Å²) >= 11 is 0.935. The van der Waals surface area contributed by atoms with E-state index in [4.69, 9.17) is 20.2 Å². The number of allylic oxidation sites excluding steroid dienone is 4. The molecule has 5 atom stereocenters. The van der Waals surface area contributed by atoms with E-state index in [1.165, 1.54) is 12.3 Å². The van der Waals surface area contributed by atoms with Crippen LogP contribution in [0.25, 0.3) is 16.5 Å². The number of nitrogens with zero attached hydrogens (tertiary/aromatic N) is 6. The molecule has 3 N–H and O–H groups in total. The molecule has 4 aliphatic heterocycles. The minimum atomic E-state index is -4.90. The quantitative estimate of drug-likeness (QED) is 0.381. The number of morpholine rings is 1. The average molecular weight is 685 g/mol. The molecular formula is C33H36F4N8O2S. The molecule has 5 unspecified atom stereocenters. The summed E-state index contributed by atoms with van der Waals surface area (Å²) in [7, 11) is 0. The zero-order chi connectivity index (χ0) is 33.4. The zero-order valence-electron chi connectivity index (χ0n) is 26.4. The third-order valence-electron chi connectivity index (χ3n) is 10.7. The molecule has 2 aromatic rings. The number of hydrogen-bond acceptors (Lipinski definition) is 11. The normalized spacial score (nSPS) is 29.6. The van der Waals surface area contributed by atoms with Crippen LogP contribution < -0.4 is 20.7 Å². The summed E-state index contributed by atoms with van der Waals surface area (Å²) in [5, 5.41) is 12.6. The Bertz CT molecular complexity index is 1770. The third-order valence-corrected chi connectivity index (χ3v) is 11.9. The summed E-state index contributed by atoms with van der Waals surface area (Å²) in [5.74, 6) is -1.25. The molecule has 6 aliphatic rings. The number of nitrogens with one attached hydrogen (secondary N) is 1. The monoisotopic (exact) mass is 684 g/mol. The molecule has 6 heterocycles. The largest absolute Gasteiger partial charge is 0.463 e. The maximum absolute atomic E-state index is 15.3. The number of ether oxygens (including phenoxy) is 2. The molecule has 1 saturated carbocycles. The van der Waals surface area contributed by atoms with Crippen LogP contribution in [0.2, 0.25) is 0 Å². The lowest BCUT2D eigenvalue weighted by atomic mass is 9.82. The summed E-state index contributed by atoms with van der Waals surface area (Å²) in [6.07, 6.45) is 2.73. The van der Waals surface area contributed by atoms with Gasteiger partial charge in [0.2, 0.25) is 0 Å². The number of halogens is 4. The molecule has 2 aliphatic carbocycles. The highest BCUT2D eigenvalue weighted by atomic mass is 32.2. The summed E-state index contributed by atoms with van der Waals surface area (Å²) in [5.41, 5.74) is 4.22. The van der Waals surface area contributed by atoms with Crippen LogP contribution in [0, 0.1) is 22.7 Å². The third kappa shape index (κ3) is 5.41. The van der Waals surface area contributed by atoms with Crippen LogP contribution >= 0.6 is 11.8 Å². The number of aromatic nitrogens is 3. The number of alkyl halides is 3. The van der Waals surface area contributed by atoms with Gasteiger partial charge >= 0.3 is 12.2 Å². The molecule has 0 amide bonds. The van der Waals surface area contributed by atoms with Crippen LogP contribution in [-0.4, -0.2) is 89.2 Å². The van der Waals surface area contributed by atoms with Crippen LogP contribution in [0.1, 0.15) is 43.9 Å². The van der Waals surface area contributed by atoms with Crippen LogP contribution in [0.3, 0.4) is 0 Å². The van der Waals surface area contributed by atoms with E-state index in [-0.39, 0.29) is 44.5 Å². The van der Waals surface area contributed by atoms with E-state index in [1.54, 1.807) is 0 Å². The Labute approximate surface area is 279 Å². The van der Waals surface area contributed by atoms with Crippen LogP contribution in [0.4, 0.5) is 23.4 Å². The van der Waals surface area contributed by atoms with Gasteiger partial charge in [0, 0.05) is 61.8 Å². The van der Waals surface area contributed by atoms with Crippen molar-refractivity contribution in [2.24, 2.45) is 17.1 Å². The first kappa shape index (κ1) is 31.8. The van der Waals surface area contributed by atoms with Crippen molar-refractivity contribution in [3.63, 3.8) is 0 Å². The van der Waals surface area contributed by atoms with Gasteiger partial charge in [-0.2, -0.15) is 28.4 Å². The molecule has 0 spiro atoms. The van der Waals surface area contributed by atoms with Crippen molar-refractivity contribution in [3.8, 4) is 12.1 Å². The van der Waals surface area contributed by atoms with Gasteiger partial charge in [-0.05, 0) is 37.3 Å². The number of hydrogen-bond donors (Lipinski definition) is 2. The highest BCUT2D eigenvalue weighted by Crippen LogP contribution is 2.53. The predicted octanol–water partition coefficient (Wildman–Crippen LogP) is 4.54. The molecule has 15 heteroatoms. The van der Waals surface area contributed by atoms with Gasteiger partial charge in [-0.15, -0.1) is 0 Å². The maximum Gasteiger partial charge on any atom is 0.420 e. The molecule has 10 nitrogen and oxygen atoms in total. The number of thioether (sulfide) groups is 1. The Morgan fingerprint density at radius 1 is 1.23 bits per heavy atom. The van der Waals surface area contributed by atoms with Gasteiger partial charge < -0.3 is 25.4 Å². The Balaban J connectivity index is 1.22. The van der Waals surface area contributed by atoms with Crippen molar-refractivity contribution in [1.29, 1.82) is 5.26 Å². The average Bonchev–Trinajstić information content (AvgIpc) is 3.78. The van der Waals surface area contributed by atoms with Crippen molar-refractivity contribution in [1.82, 2.24) is 25.2 Å². The number of nitrogens with two attached hydrogens (primary N) is 1. The highest BCUT2D eigenvalue weighted by molar-refractivity contribution is 8.04. The van der Waals surface area contributed by atoms with Crippen molar-refractivity contribution in [2.75, 3.05) is 50.9 Å². The lowest BCUT2D eigenvalue weighted by molar-refractivity contribution is -0.136. The van der Waals surface area contributed by atoms with E-state index < -0.39 is 34.4 Å². The highest BCUT2D eigenvalue weighted by Gasteiger charge is 2.52. The molecule has 8 rings (SSSR count). The Morgan fingerprint density at radius 3 is 2.71 bits per heavy atom. The second kappa shape index (κ2) is 11.9. The molecule has 48 heavy (non-hydrogen) atoms. The fourth-order valence-electron chi connectivity index (χ4n) is 7.76. The van der Waals surface area contributed by atoms with Crippen LogP contribution in [0.15, 0.2) is 34.8 Å². The molecule has 0 radical (unpaired) electrons. The summed E-state index contributed by atoms with van der Waals surface area (Å²) < 4.78 is 72.8. The van der Waals surface area contributed by atoms with Gasteiger partial charge in [-0.3, -0.25) is 9.88 Å². The summed E-state index contributed by atoms with van der Waals surface area (Å²) in [6, 6.07) is 2.82. The minimum Gasteiger partial charge on any atom is -0.463 e. The van der Waals surface area contributed by atoms with Crippen LogP contribution in [-0.2, 0) is 10.9 Å². The number of rotatable bonds is 8. The Kier molecular flexibility index (Phi) is 7.85. The second-order valence-corrected chi connectivity index (χ2v) is 14.9. The van der Waals surface area contributed by atoms with Gasteiger partial charge in [0.05, 0.1) is 58.3 Å². The number of nitriles is 1. The number of pyridine rings is 1. The van der Waals surface area contributed by atoms with E-state index >= 15 is 13.2 Å². The van der Waals surface area contributed by atoms with Crippen LogP contribution in [0.5, 0.6) is 6.01 Å². The molecule has 3 saturated heterocycles. The molecule has 2 bridgehead atoms. The van der Waals surface area contributed by atoms with E-state index in [1.807, 2.05) is 11.0 Å². The van der Waals surface area contributed by atoms with Crippen molar-refractivity contribution in [3.05, 3.63) is 46.0 Å². The lowest BCUT2D eigenvalue weighted by Crippen LogP contribution is -2.65. The SMILES string of the molecule is CCC1CN(c2nc(OCC3(CN4C5COCC4C5)CC3)nc3c(C(F)(F)F)c(C4=CC=C(F)C5SC(N)=C(C#N)C45)ncc23)CCN1. The first-order chi connectivity index (χ1) is 23.1. The van der Waals surface area contributed by atoms with Crippen molar-refractivity contribution in [2.45, 2.75) is 62.2 Å². The predicted molar refractivity (Wildman–Crippen MR) is 172 cm³/mol. The fourth-order valence-corrected chi connectivity index (χ4v) is 8.95. The topological polar surface area (TPSA) is 125 Å². The molecule has 2 aromatic heterocycles. The van der Waals surface area contributed by atoms with Gasteiger partial charge in [0.15, 0.2) is 0 Å². The van der Waals surface area contributed by atoms with Gasteiger partial charge in [-0.1, -0.05) is 24.8 Å². The zero-order valence-corrected chi connectivity index (χ0v) is 27.2. The van der Waals surface area contributed by atoms with Crippen molar-refractivity contribution >= 4 is 34.1 Å². The number of fused-ring (bicyclic) bond motifs is 4. The summed E-state index contributed by atoms with van der Waals surface area (Å²) in [6.45, 7) is 6.35. The van der Waals surface area contributed by atoms with E-state index in [0.717, 1.165) is 63.3 Å². The van der Waals surface area contributed by atoms with E-state index in [2.05, 4.69) is 27.1 Å². The van der Waals surface area contributed by atoms with E-state index in [0.29, 0.717) is 44.1 Å². The lowest BCUT2D eigenvalue weighted by Gasteiger charge is -2.53. The standard InChI is InChI=1S/C33H36F4N8O2S/c1-2-17-12-44(8-7-40-17)30-22-11-41-26(20-3-4-23(34)28-24(20)21(10-38)29(39)48-28)25(33(35,36)37)27(22)42-31(43-30)47-16-32(5-6-32)15-45-18-9-19(45)14-46-13-18/h3-4,11,17-19,24,28,40H,2,5-9,12-16,39H2,1H3. The molecule has 4 fully saturated rings. The number of anilines is 1. The van der Waals surface area contributed by atoms with E-state index in [9.17, 15) is 9.65 Å². The fraction of sp³-hybridized carbons (Fsp3) is 0.576. The van der Waals surface area contributed by atoms with Gasteiger partial charge in [0.25, 0.3) is 0 Å². The minimum absolute atomic E-state index is 0.0287. The van der Waals surface area contributed by atoms with Crippen molar-refractivity contribution < 1.29 is 27.0 Å². The molecular weight excluding hydrogens is 648 g/mol. The first-order valence-electron chi connectivity index (χ1n) is 16.5. The molecule has 0 aromatic carbocycles. The Hall–Kier alpha value is -3.45. The second-order valence-electron chi connectivity index (χ2n) is 13.7. The number of piperazine rings is 1. The van der Waals surface area contributed by atoms with Gasteiger partial charge in [-0.25, -0.2) is 4.39 Å². The summed E-state index contributed by atoms with van der Waals surface area (Å²) in [4.78, 5) is 18.0. The maximum atomic E-state index is 15.3. The first-order valence-corrected chi connectivity index (χ1v) is 17.3.